The fraction of sp³-hybridized carbons (Fsp3) is 0.455. The monoisotopic (exact) mass is 213 g/mol. The van der Waals surface area contributed by atoms with E-state index < -0.39 is 11.9 Å². The van der Waals surface area contributed by atoms with Gasteiger partial charge >= 0.3 is 5.97 Å². The molecule has 0 aromatic rings. The van der Waals surface area contributed by atoms with Crippen molar-refractivity contribution < 1.29 is 14.7 Å². The van der Waals surface area contributed by atoms with Crippen LogP contribution in [0.5, 0.6) is 0 Å². The van der Waals surface area contributed by atoms with E-state index in [1.807, 2.05) is 0 Å². The van der Waals surface area contributed by atoms with Gasteiger partial charge < -0.3 is 10.8 Å². The topological polar surface area (TPSA) is 80.4 Å². The van der Waals surface area contributed by atoms with Crippen molar-refractivity contribution in [2.45, 2.75) is 33.1 Å². The molecule has 0 bridgehead atoms. The van der Waals surface area contributed by atoms with Gasteiger partial charge in [-0.3, -0.25) is 4.79 Å². The molecule has 0 saturated carbocycles. The van der Waals surface area contributed by atoms with E-state index in [1.54, 1.807) is 13.0 Å². The Morgan fingerprint density at radius 2 is 1.93 bits per heavy atom. The van der Waals surface area contributed by atoms with Gasteiger partial charge in [0.2, 0.25) is 5.91 Å². The summed E-state index contributed by atoms with van der Waals surface area (Å²) in [5.41, 5.74) is 4.99. The van der Waals surface area contributed by atoms with Crippen LogP contribution < -0.4 is 5.73 Å². The van der Waals surface area contributed by atoms with Crippen molar-refractivity contribution in [3.63, 3.8) is 0 Å². The van der Waals surface area contributed by atoms with E-state index in [-0.39, 0.29) is 0 Å². The average Bonchev–Trinajstić information content (AvgIpc) is 2.18. The van der Waals surface area contributed by atoms with Crippen LogP contribution in [0.2, 0.25) is 0 Å². The minimum absolute atomic E-state index is 0.452. The molecule has 0 atom stereocenters. The second kappa shape index (κ2) is 10.5. The highest BCUT2D eigenvalue weighted by Gasteiger charge is 1.96. The first-order valence-electron chi connectivity index (χ1n) is 4.77. The van der Waals surface area contributed by atoms with Gasteiger partial charge in [-0.25, -0.2) is 4.79 Å². The van der Waals surface area contributed by atoms with Gasteiger partial charge in [0.15, 0.2) is 0 Å². The number of carbonyl (C=O) groups excluding carboxylic acids is 1. The SMILES string of the molecule is C=CC(N)=O.CCCCC=C(C)C(=O)O. The predicted molar refractivity (Wildman–Crippen MR) is 60.3 cm³/mol. The number of primary amides is 1. The van der Waals surface area contributed by atoms with E-state index in [9.17, 15) is 9.59 Å². The minimum atomic E-state index is -0.809. The first-order chi connectivity index (χ1) is 6.95. The lowest BCUT2D eigenvalue weighted by atomic mass is 10.2. The molecule has 0 aliphatic carbocycles. The lowest BCUT2D eigenvalue weighted by Crippen LogP contribution is -2.04. The van der Waals surface area contributed by atoms with Gasteiger partial charge in [0.05, 0.1) is 0 Å². The molecule has 0 rings (SSSR count). The summed E-state index contributed by atoms with van der Waals surface area (Å²) in [4.78, 5) is 19.7. The maximum absolute atomic E-state index is 10.2. The first kappa shape index (κ1) is 15.9. The number of rotatable bonds is 5. The second-order valence-corrected chi connectivity index (χ2v) is 2.94. The third kappa shape index (κ3) is 15.2. The molecular formula is C11H19NO3. The third-order valence-electron chi connectivity index (χ3n) is 1.55. The molecule has 0 aromatic carbocycles. The van der Waals surface area contributed by atoms with Gasteiger partial charge in [0, 0.05) is 5.57 Å². The number of unbranched alkanes of at least 4 members (excludes halogenated alkanes) is 2. The number of allylic oxidation sites excluding steroid dienone is 1. The van der Waals surface area contributed by atoms with Crippen LogP contribution in [0, 0.1) is 0 Å². The maximum Gasteiger partial charge on any atom is 0.330 e. The Bertz CT molecular complexity index is 244. The predicted octanol–water partition coefficient (Wildman–Crippen LogP) is 1.87. The van der Waals surface area contributed by atoms with Crippen LogP contribution in [-0.4, -0.2) is 17.0 Å². The van der Waals surface area contributed by atoms with E-state index in [1.165, 1.54) is 0 Å². The molecule has 0 spiro atoms. The summed E-state index contributed by atoms with van der Waals surface area (Å²) < 4.78 is 0. The largest absolute Gasteiger partial charge is 0.478 e. The van der Waals surface area contributed by atoms with Crippen LogP contribution in [0.1, 0.15) is 33.1 Å². The van der Waals surface area contributed by atoms with E-state index in [0.717, 1.165) is 25.3 Å². The first-order valence-corrected chi connectivity index (χ1v) is 4.77. The molecule has 0 aliphatic rings. The molecule has 0 aliphatic heterocycles. The number of carboxylic acid groups (broad SMARTS) is 1. The van der Waals surface area contributed by atoms with Crippen LogP contribution in [0.4, 0.5) is 0 Å². The molecule has 3 N–H and O–H groups in total. The maximum atomic E-state index is 10.2. The van der Waals surface area contributed by atoms with E-state index in [4.69, 9.17) is 5.11 Å². The lowest BCUT2D eigenvalue weighted by Gasteiger charge is -1.91. The van der Waals surface area contributed by atoms with E-state index in [2.05, 4.69) is 19.2 Å². The summed E-state index contributed by atoms with van der Waals surface area (Å²) in [5, 5.41) is 8.41. The summed E-state index contributed by atoms with van der Waals surface area (Å²) in [7, 11) is 0. The Balaban J connectivity index is 0. The van der Waals surface area contributed by atoms with Gasteiger partial charge in [0.1, 0.15) is 0 Å². The molecule has 0 aromatic heterocycles. The quantitative estimate of drug-likeness (QED) is 0.540. The molecule has 0 saturated heterocycles. The zero-order chi connectivity index (χ0) is 12.3. The van der Waals surface area contributed by atoms with E-state index in [0.29, 0.717) is 5.57 Å². The van der Waals surface area contributed by atoms with Crippen molar-refractivity contribution in [1.29, 1.82) is 0 Å². The Kier molecular flexibility index (Phi) is 11.1. The van der Waals surface area contributed by atoms with E-state index >= 15 is 0 Å². The number of nitrogens with two attached hydrogens (primary N) is 1. The molecule has 86 valence electrons. The highest BCUT2D eigenvalue weighted by molar-refractivity contribution is 5.85. The molecular weight excluding hydrogens is 194 g/mol. The summed E-state index contributed by atoms with van der Waals surface area (Å²) >= 11 is 0. The standard InChI is InChI=1S/C8H14O2.C3H5NO/c1-3-4-5-6-7(2)8(9)10;1-2-3(4)5/h6H,3-5H2,1-2H3,(H,9,10);2H,1H2,(H2,4,5). The highest BCUT2D eigenvalue weighted by atomic mass is 16.4. The molecule has 4 nitrogen and oxygen atoms in total. The van der Waals surface area contributed by atoms with Crippen LogP contribution in [0.25, 0.3) is 0 Å². The van der Waals surface area contributed by atoms with Crippen molar-refractivity contribution in [2.75, 3.05) is 0 Å². The lowest BCUT2D eigenvalue weighted by molar-refractivity contribution is -0.132. The Hall–Kier alpha value is -1.58. The summed E-state index contributed by atoms with van der Waals surface area (Å²) in [6.07, 6.45) is 5.90. The average molecular weight is 213 g/mol. The molecule has 0 heterocycles. The van der Waals surface area contributed by atoms with Gasteiger partial charge in [-0.05, 0) is 19.4 Å². The van der Waals surface area contributed by atoms with Gasteiger partial charge in [-0.2, -0.15) is 0 Å². The molecule has 15 heavy (non-hydrogen) atoms. The van der Waals surface area contributed by atoms with Crippen LogP contribution in [-0.2, 0) is 9.59 Å². The molecule has 4 heteroatoms. The number of hydrogen-bond acceptors (Lipinski definition) is 2. The fourth-order valence-electron chi connectivity index (χ4n) is 0.610. The van der Waals surface area contributed by atoms with Crippen LogP contribution >= 0.6 is 0 Å². The third-order valence-corrected chi connectivity index (χ3v) is 1.55. The number of hydrogen-bond donors (Lipinski definition) is 2. The Morgan fingerprint density at radius 1 is 1.47 bits per heavy atom. The zero-order valence-electron chi connectivity index (χ0n) is 9.32. The Labute approximate surface area is 90.5 Å². The number of carbonyl (C=O) groups is 2. The highest BCUT2D eigenvalue weighted by Crippen LogP contribution is 2.00. The van der Waals surface area contributed by atoms with Gasteiger partial charge in [0.25, 0.3) is 0 Å². The van der Waals surface area contributed by atoms with Gasteiger partial charge in [-0.15, -0.1) is 0 Å². The summed E-state index contributed by atoms with van der Waals surface area (Å²) in [5.74, 6) is -1.29. The minimum Gasteiger partial charge on any atom is -0.478 e. The molecule has 0 fully saturated rings. The number of carboxylic acids is 1. The molecule has 0 radical (unpaired) electrons. The summed E-state index contributed by atoms with van der Waals surface area (Å²) in [6, 6.07) is 0. The van der Waals surface area contributed by atoms with Crippen molar-refractivity contribution in [3.8, 4) is 0 Å². The van der Waals surface area contributed by atoms with Crippen molar-refractivity contribution in [1.82, 2.24) is 0 Å². The van der Waals surface area contributed by atoms with Crippen molar-refractivity contribution >= 4 is 11.9 Å². The number of amides is 1. The Morgan fingerprint density at radius 3 is 2.20 bits per heavy atom. The number of aliphatic carboxylic acids is 1. The van der Waals surface area contributed by atoms with Crippen molar-refractivity contribution in [2.24, 2.45) is 5.73 Å². The van der Waals surface area contributed by atoms with Crippen LogP contribution in [0.15, 0.2) is 24.3 Å². The normalized spacial score (nSPS) is 9.87. The smallest absolute Gasteiger partial charge is 0.330 e. The zero-order valence-corrected chi connectivity index (χ0v) is 9.32. The molecule has 0 unspecified atom stereocenters. The van der Waals surface area contributed by atoms with Gasteiger partial charge in [-0.1, -0.05) is 32.4 Å². The summed E-state index contributed by atoms with van der Waals surface area (Å²) in [6.45, 7) is 6.80. The molecule has 1 amide bonds. The second-order valence-electron chi connectivity index (χ2n) is 2.94. The van der Waals surface area contributed by atoms with Crippen molar-refractivity contribution in [3.05, 3.63) is 24.3 Å². The van der Waals surface area contributed by atoms with Crippen LogP contribution in [0.3, 0.4) is 0 Å². The fourth-order valence-corrected chi connectivity index (χ4v) is 0.610.